The largest absolute Gasteiger partial charge is 0.397 e. The highest BCUT2D eigenvalue weighted by atomic mass is 16.2. The van der Waals surface area contributed by atoms with Gasteiger partial charge in [0.15, 0.2) is 0 Å². The maximum atomic E-state index is 11.8. The lowest BCUT2D eigenvalue weighted by molar-refractivity contribution is -0.117. The van der Waals surface area contributed by atoms with Gasteiger partial charge in [-0.1, -0.05) is 31.9 Å². The Morgan fingerprint density at radius 2 is 2.06 bits per heavy atom. The lowest BCUT2D eigenvalue weighted by atomic mass is 10.2. The first kappa shape index (κ1) is 14.5. The van der Waals surface area contributed by atoms with E-state index in [4.69, 9.17) is 5.73 Å². The second-order valence-corrected chi connectivity index (χ2v) is 4.58. The molecule has 3 N–H and O–H groups in total. The molecule has 0 aliphatic heterocycles. The SMILES string of the molecule is CCCCCN(C)CC(=O)Nc1ccccc1N. The molecule has 100 valence electrons. The molecule has 0 aliphatic carbocycles. The molecule has 0 saturated heterocycles. The number of amides is 1. The summed E-state index contributed by atoms with van der Waals surface area (Å²) < 4.78 is 0. The lowest BCUT2D eigenvalue weighted by Gasteiger charge is -2.16. The van der Waals surface area contributed by atoms with Crippen molar-refractivity contribution >= 4 is 17.3 Å². The Morgan fingerprint density at radius 1 is 1.33 bits per heavy atom. The van der Waals surface area contributed by atoms with E-state index in [0.717, 1.165) is 13.0 Å². The Labute approximate surface area is 109 Å². The topological polar surface area (TPSA) is 58.4 Å². The van der Waals surface area contributed by atoms with Crippen molar-refractivity contribution in [2.45, 2.75) is 26.2 Å². The quantitative estimate of drug-likeness (QED) is 0.576. The van der Waals surface area contributed by atoms with Crippen LogP contribution in [0.3, 0.4) is 0 Å². The van der Waals surface area contributed by atoms with Crippen molar-refractivity contribution in [3.05, 3.63) is 24.3 Å². The van der Waals surface area contributed by atoms with E-state index in [1.54, 1.807) is 6.07 Å². The number of anilines is 2. The fraction of sp³-hybridized carbons (Fsp3) is 0.500. The summed E-state index contributed by atoms with van der Waals surface area (Å²) in [4.78, 5) is 13.8. The molecule has 4 heteroatoms. The van der Waals surface area contributed by atoms with Crippen LogP contribution in [0, 0.1) is 0 Å². The van der Waals surface area contributed by atoms with Crippen molar-refractivity contribution in [3.63, 3.8) is 0 Å². The van der Waals surface area contributed by atoms with Gasteiger partial charge in [-0.3, -0.25) is 9.69 Å². The fourth-order valence-electron chi connectivity index (χ4n) is 1.76. The first-order chi connectivity index (χ1) is 8.63. The van der Waals surface area contributed by atoms with Gasteiger partial charge < -0.3 is 11.1 Å². The summed E-state index contributed by atoms with van der Waals surface area (Å²) in [5, 5.41) is 2.83. The molecule has 0 radical (unpaired) electrons. The van der Waals surface area contributed by atoms with Gasteiger partial charge in [0.1, 0.15) is 0 Å². The van der Waals surface area contributed by atoms with Gasteiger partial charge >= 0.3 is 0 Å². The zero-order valence-corrected chi connectivity index (χ0v) is 11.3. The Bertz CT molecular complexity index is 379. The molecule has 4 nitrogen and oxygen atoms in total. The number of nitrogens with one attached hydrogen (secondary N) is 1. The van der Waals surface area contributed by atoms with Crippen molar-refractivity contribution in [1.82, 2.24) is 4.90 Å². The molecular formula is C14H23N3O. The van der Waals surface area contributed by atoms with Crippen LogP contribution in [0.5, 0.6) is 0 Å². The maximum Gasteiger partial charge on any atom is 0.238 e. The van der Waals surface area contributed by atoms with Crippen molar-refractivity contribution in [2.75, 3.05) is 31.2 Å². The van der Waals surface area contributed by atoms with E-state index in [1.165, 1.54) is 12.8 Å². The van der Waals surface area contributed by atoms with Gasteiger partial charge in [-0.25, -0.2) is 0 Å². The van der Waals surface area contributed by atoms with Crippen molar-refractivity contribution in [1.29, 1.82) is 0 Å². The first-order valence-electron chi connectivity index (χ1n) is 6.46. The highest BCUT2D eigenvalue weighted by Crippen LogP contribution is 2.16. The van der Waals surface area contributed by atoms with Crippen LogP contribution in [-0.2, 0) is 4.79 Å². The van der Waals surface area contributed by atoms with Crippen LogP contribution >= 0.6 is 0 Å². The molecule has 18 heavy (non-hydrogen) atoms. The predicted molar refractivity (Wildman–Crippen MR) is 76.5 cm³/mol. The minimum atomic E-state index is -0.0214. The van der Waals surface area contributed by atoms with Crippen molar-refractivity contribution in [3.8, 4) is 0 Å². The molecular weight excluding hydrogens is 226 g/mol. The van der Waals surface area contributed by atoms with Crippen molar-refractivity contribution < 1.29 is 4.79 Å². The summed E-state index contributed by atoms with van der Waals surface area (Å²) in [6.07, 6.45) is 3.53. The van der Waals surface area contributed by atoms with Gasteiger partial charge in [-0.2, -0.15) is 0 Å². The second kappa shape index (κ2) is 7.71. The van der Waals surface area contributed by atoms with Gasteiger partial charge in [0.25, 0.3) is 0 Å². The molecule has 0 fully saturated rings. The molecule has 1 aromatic rings. The summed E-state index contributed by atoms with van der Waals surface area (Å²) in [5.41, 5.74) is 7.05. The summed E-state index contributed by atoms with van der Waals surface area (Å²) in [6.45, 7) is 3.52. The van der Waals surface area contributed by atoms with Crippen LogP contribution in [-0.4, -0.2) is 30.9 Å². The summed E-state index contributed by atoms with van der Waals surface area (Å²) in [7, 11) is 1.96. The van der Waals surface area contributed by atoms with Gasteiger partial charge in [0, 0.05) is 0 Å². The van der Waals surface area contributed by atoms with Crippen LogP contribution in [0.15, 0.2) is 24.3 Å². The van der Waals surface area contributed by atoms with Gasteiger partial charge in [-0.15, -0.1) is 0 Å². The van der Waals surface area contributed by atoms with Crippen LogP contribution in [0.1, 0.15) is 26.2 Å². The Balaban J connectivity index is 2.35. The van der Waals surface area contributed by atoms with E-state index in [1.807, 2.05) is 30.1 Å². The fourth-order valence-corrected chi connectivity index (χ4v) is 1.76. The van der Waals surface area contributed by atoms with E-state index in [0.29, 0.717) is 17.9 Å². The number of rotatable bonds is 7. The average Bonchev–Trinajstić information content (AvgIpc) is 2.32. The number of nitrogens with two attached hydrogens (primary N) is 1. The Kier molecular flexibility index (Phi) is 6.22. The third kappa shape index (κ3) is 5.19. The van der Waals surface area contributed by atoms with Gasteiger partial charge in [0.05, 0.1) is 17.9 Å². The minimum absolute atomic E-state index is 0.0214. The standard InChI is InChI=1S/C14H23N3O/c1-3-4-7-10-17(2)11-14(18)16-13-9-6-5-8-12(13)15/h5-6,8-9H,3-4,7,10-11,15H2,1-2H3,(H,16,18). The third-order valence-corrected chi connectivity index (χ3v) is 2.79. The summed E-state index contributed by atoms with van der Waals surface area (Å²) >= 11 is 0. The number of hydrogen-bond donors (Lipinski definition) is 2. The molecule has 0 aliphatic rings. The van der Waals surface area contributed by atoms with E-state index in [-0.39, 0.29) is 5.91 Å². The Hall–Kier alpha value is -1.55. The average molecular weight is 249 g/mol. The number of benzene rings is 1. The number of carbonyl (C=O) groups excluding carboxylic acids is 1. The highest BCUT2D eigenvalue weighted by Gasteiger charge is 2.07. The molecule has 0 saturated carbocycles. The Morgan fingerprint density at radius 3 is 2.72 bits per heavy atom. The zero-order chi connectivity index (χ0) is 13.4. The number of likely N-dealkylation sites (N-methyl/N-ethyl adjacent to an activating group) is 1. The minimum Gasteiger partial charge on any atom is -0.397 e. The van der Waals surface area contributed by atoms with E-state index in [9.17, 15) is 4.79 Å². The van der Waals surface area contributed by atoms with Crippen LogP contribution in [0.4, 0.5) is 11.4 Å². The summed E-state index contributed by atoms with van der Waals surface area (Å²) in [6, 6.07) is 7.30. The number of unbranched alkanes of at least 4 members (excludes halogenated alkanes) is 2. The van der Waals surface area contributed by atoms with E-state index >= 15 is 0 Å². The number of carbonyl (C=O) groups is 1. The number of para-hydroxylation sites is 2. The summed E-state index contributed by atoms with van der Waals surface area (Å²) in [5.74, 6) is -0.0214. The van der Waals surface area contributed by atoms with Crippen LogP contribution in [0.25, 0.3) is 0 Å². The number of nitrogen functional groups attached to an aromatic ring is 1. The number of hydrogen-bond acceptors (Lipinski definition) is 3. The lowest BCUT2D eigenvalue weighted by Crippen LogP contribution is -2.31. The monoisotopic (exact) mass is 249 g/mol. The predicted octanol–water partition coefficient (Wildman–Crippen LogP) is 2.33. The zero-order valence-electron chi connectivity index (χ0n) is 11.3. The van der Waals surface area contributed by atoms with E-state index in [2.05, 4.69) is 12.2 Å². The van der Waals surface area contributed by atoms with Crippen molar-refractivity contribution in [2.24, 2.45) is 0 Å². The molecule has 0 unspecified atom stereocenters. The van der Waals surface area contributed by atoms with Gasteiger partial charge in [-0.05, 0) is 32.1 Å². The molecule has 1 aromatic carbocycles. The van der Waals surface area contributed by atoms with E-state index < -0.39 is 0 Å². The maximum absolute atomic E-state index is 11.8. The second-order valence-electron chi connectivity index (χ2n) is 4.58. The van der Waals surface area contributed by atoms with Crippen LogP contribution in [0.2, 0.25) is 0 Å². The number of nitrogens with zero attached hydrogens (tertiary/aromatic N) is 1. The molecule has 0 aromatic heterocycles. The molecule has 1 amide bonds. The highest BCUT2D eigenvalue weighted by molar-refractivity contribution is 5.95. The van der Waals surface area contributed by atoms with Gasteiger partial charge in [0.2, 0.25) is 5.91 Å². The normalized spacial score (nSPS) is 10.6. The third-order valence-electron chi connectivity index (χ3n) is 2.79. The molecule has 1 rings (SSSR count). The molecule has 0 atom stereocenters. The first-order valence-corrected chi connectivity index (χ1v) is 6.46. The smallest absolute Gasteiger partial charge is 0.238 e. The van der Waals surface area contributed by atoms with Crippen LogP contribution < -0.4 is 11.1 Å². The molecule has 0 spiro atoms. The molecule has 0 bridgehead atoms. The molecule has 0 heterocycles.